The molecular formula is C13H6F21N. The molecule has 0 aromatic carbocycles. The monoisotopic (exact) mass is 575 g/mol. The molecule has 0 aliphatic rings. The molecule has 0 aromatic heterocycles. The van der Waals surface area contributed by atoms with E-state index in [2.05, 4.69) is 6.58 Å². The highest BCUT2D eigenvalue weighted by molar-refractivity contribution is 5.17. The average Bonchev–Trinajstić information content (AvgIpc) is 2.64. The van der Waals surface area contributed by atoms with E-state index in [9.17, 15) is 92.2 Å². The molecule has 0 unspecified atom stereocenters. The predicted molar refractivity (Wildman–Crippen MR) is 68.8 cm³/mol. The number of hydrogen-bond acceptors (Lipinski definition) is 1. The lowest BCUT2D eigenvalue weighted by Crippen LogP contribution is -2.77. The molecule has 1 nitrogen and oxygen atoms in total. The van der Waals surface area contributed by atoms with Crippen LogP contribution in [0.4, 0.5) is 92.2 Å². The SMILES string of the molecule is C=CCNC(F)(F)C(F)(F)C(F)(F)C(F)(F)C(F)(F)C(F)(F)C(F)(F)C(F)(F)C(F)(F)C(F)(F)F. The van der Waals surface area contributed by atoms with Crippen molar-refractivity contribution in [2.75, 3.05) is 6.54 Å². The Morgan fingerprint density at radius 1 is 0.400 bits per heavy atom. The normalized spacial score (nSPS) is 16.5. The van der Waals surface area contributed by atoms with Crippen molar-refractivity contribution in [3.05, 3.63) is 12.7 Å². The van der Waals surface area contributed by atoms with Gasteiger partial charge in [0.05, 0.1) is 0 Å². The molecule has 0 radical (unpaired) electrons. The van der Waals surface area contributed by atoms with Crippen LogP contribution in [0.5, 0.6) is 0 Å². The molecule has 0 saturated heterocycles. The van der Waals surface area contributed by atoms with E-state index in [4.69, 9.17) is 0 Å². The van der Waals surface area contributed by atoms with Gasteiger partial charge in [0.15, 0.2) is 0 Å². The van der Waals surface area contributed by atoms with Crippen molar-refractivity contribution >= 4 is 0 Å². The molecule has 0 aromatic rings. The lowest BCUT2D eigenvalue weighted by atomic mass is 9.87. The fraction of sp³-hybridized carbons (Fsp3) is 0.846. The molecule has 0 fully saturated rings. The first-order valence-electron chi connectivity index (χ1n) is 7.64. The minimum Gasteiger partial charge on any atom is -0.249 e. The molecule has 0 amide bonds. The lowest BCUT2D eigenvalue weighted by molar-refractivity contribution is -0.474. The summed E-state index contributed by atoms with van der Waals surface area (Å²) in [6.07, 6.45) is -7.88. The summed E-state index contributed by atoms with van der Waals surface area (Å²) in [6.45, 7) is 0.796. The Morgan fingerprint density at radius 2 is 0.629 bits per heavy atom. The van der Waals surface area contributed by atoms with Gasteiger partial charge in [-0.05, 0) is 0 Å². The van der Waals surface area contributed by atoms with Crippen LogP contribution in [0.15, 0.2) is 12.7 Å². The Labute approximate surface area is 177 Å². The van der Waals surface area contributed by atoms with E-state index in [-0.39, 0.29) is 11.4 Å². The van der Waals surface area contributed by atoms with Gasteiger partial charge in [-0.2, -0.15) is 92.2 Å². The molecule has 0 aliphatic carbocycles. The van der Waals surface area contributed by atoms with Crippen LogP contribution in [0.1, 0.15) is 0 Å². The molecule has 0 saturated carbocycles. The number of halogens is 21. The summed E-state index contributed by atoms with van der Waals surface area (Å²) in [5.74, 6) is -70.2. The lowest BCUT2D eigenvalue weighted by Gasteiger charge is -2.44. The fourth-order valence-corrected chi connectivity index (χ4v) is 1.87. The highest BCUT2D eigenvalue weighted by atomic mass is 19.4. The first-order chi connectivity index (χ1) is 14.8. The Morgan fingerprint density at radius 3 is 0.857 bits per heavy atom. The maximum Gasteiger partial charge on any atom is 0.460 e. The minimum absolute atomic E-state index is 0.0311. The zero-order valence-corrected chi connectivity index (χ0v) is 15.4. The summed E-state index contributed by atoms with van der Waals surface area (Å²) in [5, 5.41) is -0.0311. The quantitative estimate of drug-likeness (QED) is 0.159. The third kappa shape index (κ3) is 4.15. The minimum atomic E-state index is -9.16. The maximum atomic E-state index is 13.4. The van der Waals surface area contributed by atoms with Crippen molar-refractivity contribution in [1.29, 1.82) is 0 Å². The van der Waals surface area contributed by atoms with Gasteiger partial charge >= 0.3 is 59.6 Å². The van der Waals surface area contributed by atoms with Gasteiger partial charge in [0.2, 0.25) is 0 Å². The summed E-state index contributed by atoms with van der Waals surface area (Å²) in [5.41, 5.74) is 0. The molecule has 0 heterocycles. The average molecular weight is 575 g/mol. The number of rotatable bonds is 11. The zero-order valence-electron chi connectivity index (χ0n) is 15.4. The van der Waals surface area contributed by atoms with Crippen molar-refractivity contribution in [2.45, 2.75) is 59.6 Å². The molecule has 0 spiro atoms. The topological polar surface area (TPSA) is 12.0 Å². The summed E-state index contributed by atoms with van der Waals surface area (Å²) >= 11 is 0. The second-order valence-corrected chi connectivity index (χ2v) is 6.34. The predicted octanol–water partition coefficient (Wildman–Crippen LogP) is 7.00. The summed E-state index contributed by atoms with van der Waals surface area (Å²) in [7, 11) is 0. The smallest absolute Gasteiger partial charge is 0.249 e. The highest BCUT2D eigenvalue weighted by Gasteiger charge is 2.97. The molecule has 35 heavy (non-hydrogen) atoms. The Kier molecular flexibility index (Phi) is 7.96. The van der Waals surface area contributed by atoms with Gasteiger partial charge in [0.1, 0.15) is 0 Å². The van der Waals surface area contributed by atoms with Crippen LogP contribution in [0.2, 0.25) is 0 Å². The van der Waals surface area contributed by atoms with Gasteiger partial charge < -0.3 is 0 Å². The molecule has 0 bridgehead atoms. The van der Waals surface area contributed by atoms with Gasteiger partial charge in [0.25, 0.3) is 0 Å². The maximum absolute atomic E-state index is 13.4. The third-order valence-electron chi connectivity index (χ3n) is 3.98. The van der Waals surface area contributed by atoms with Crippen LogP contribution in [0.25, 0.3) is 0 Å². The van der Waals surface area contributed by atoms with E-state index in [0.29, 0.717) is 0 Å². The number of nitrogens with one attached hydrogen (secondary N) is 1. The highest BCUT2D eigenvalue weighted by Crippen LogP contribution is 2.66. The molecule has 0 atom stereocenters. The van der Waals surface area contributed by atoms with Gasteiger partial charge in [-0.15, -0.1) is 6.58 Å². The summed E-state index contributed by atoms with van der Waals surface area (Å²) < 4.78 is 274. The van der Waals surface area contributed by atoms with Crippen LogP contribution in [0.3, 0.4) is 0 Å². The van der Waals surface area contributed by atoms with Crippen molar-refractivity contribution in [3.63, 3.8) is 0 Å². The second-order valence-electron chi connectivity index (χ2n) is 6.34. The van der Waals surface area contributed by atoms with E-state index in [1.807, 2.05) is 0 Å². The van der Waals surface area contributed by atoms with E-state index in [1.54, 1.807) is 0 Å². The molecule has 1 N–H and O–H groups in total. The Balaban J connectivity index is 6.99. The van der Waals surface area contributed by atoms with Crippen LogP contribution in [0, 0.1) is 0 Å². The number of alkyl halides is 21. The van der Waals surface area contributed by atoms with Gasteiger partial charge in [0, 0.05) is 6.54 Å². The van der Waals surface area contributed by atoms with Crippen LogP contribution in [-0.2, 0) is 0 Å². The standard InChI is InChI=1S/C13H6F21N/c1-2-3-35-13(33,34)11(28,29)9(24,25)7(20,21)5(16,17)4(14,15)6(18,19)8(22,23)10(26,27)12(30,31)32/h2,35H,1,3H2. The third-order valence-corrected chi connectivity index (χ3v) is 3.98. The second kappa shape index (κ2) is 8.38. The van der Waals surface area contributed by atoms with Crippen molar-refractivity contribution in [1.82, 2.24) is 5.32 Å². The Hall–Kier alpha value is -1.77. The molecule has 0 rings (SSSR count). The first-order valence-corrected chi connectivity index (χ1v) is 7.64. The zero-order chi connectivity index (χ0) is 29.1. The number of hydrogen-bond donors (Lipinski definition) is 1. The Bertz CT molecular complexity index is 775. The molecular weight excluding hydrogens is 569 g/mol. The van der Waals surface area contributed by atoms with Crippen molar-refractivity contribution in [2.24, 2.45) is 0 Å². The van der Waals surface area contributed by atoms with E-state index < -0.39 is 66.1 Å². The van der Waals surface area contributed by atoms with Gasteiger partial charge in [-0.25, -0.2) is 5.32 Å². The fourth-order valence-electron chi connectivity index (χ4n) is 1.87. The van der Waals surface area contributed by atoms with Crippen molar-refractivity contribution in [3.8, 4) is 0 Å². The molecule has 22 heteroatoms. The van der Waals surface area contributed by atoms with E-state index in [0.717, 1.165) is 0 Å². The molecule has 0 aliphatic heterocycles. The largest absolute Gasteiger partial charge is 0.460 e. The summed E-state index contributed by atoms with van der Waals surface area (Å²) in [4.78, 5) is 0. The van der Waals surface area contributed by atoms with Crippen LogP contribution >= 0.6 is 0 Å². The van der Waals surface area contributed by atoms with E-state index >= 15 is 0 Å². The van der Waals surface area contributed by atoms with Crippen LogP contribution in [-0.4, -0.2) is 66.1 Å². The van der Waals surface area contributed by atoms with E-state index in [1.165, 1.54) is 0 Å². The van der Waals surface area contributed by atoms with Crippen molar-refractivity contribution < 1.29 is 92.2 Å². The van der Waals surface area contributed by atoms with Crippen LogP contribution < -0.4 is 5.32 Å². The summed E-state index contributed by atoms with van der Waals surface area (Å²) in [6, 6.07) is -6.80. The van der Waals surface area contributed by atoms with Gasteiger partial charge in [-0.3, -0.25) is 0 Å². The first kappa shape index (κ1) is 33.2. The molecule has 210 valence electrons. The van der Waals surface area contributed by atoms with Gasteiger partial charge in [-0.1, -0.05) is 6.08 Å².